The summed E-state index contributed by atoms with van der Waals surface area (Å²) in [5.74, 6) is 0.421. The number of Topliss-reactive ketones (excluding diaryl/α,β-unsaturated/α-hetero) is 1. The van der Waals surface area contributed by atoms with Crippen molar-refractivity contribution in [2.24, 2.45) is 0 Å². The Balaban J connectivity index is 2.34. The third-order valence-electron chi connectivity index (χ3n) is 3.31. The van der Waals surface area contributed by atoms with E-state index in [9.17, 15) is 4.79 Å². The second kappa shape index (κ2) is 4.45. The summed E-state index contributed by atoms with van der Waals surface area (Å²) in [7, 11) is 0. The lowest BCUT2D eigenvalue weighted by Crippen LogP contribution is -2.06. The molecule has 0 spiro atoms. The zero-order chi connectivity index (χ0) is 14.3. The number of nitrogen functional groups attached to an aromatic ring is 1. The molecule has 0 fully saturated rings. The molecule has 3 aromatic rings. The molecule has 1 aromatic carbocycles. The Morgan fingerprint density at radius 3 is 2.60 bits per heavy atom. The predicted molar refractivity (Wildman–Crippen MR) is 77.6 cm³/mol. The molecule has 5 nitrogen and oxygen atoms in total. The Morgan fingerprint density at radius 2 is 1.95 bits per heavy atom. The van der Waals surface area contributed by atoms with Crippen LogP contribution in [0.2, 0.25) is 0 Å². The molecular formula is C15H14N4O. The van der Waals surface area contributed by atoms with E-state index < -0.39 is 0 Å². The minimum atomic E-state index is -0.0706. The van der Waals surface area contributed by atoms with Crippen molar-refractivity contribution in [2.75, 3.05) is 5.73 Å². The van der Waals surface area contributed by atoms with Crippen LogP contribution in [0.3, 0.4) is 0 Å². The van der Waals surface area contributed by atoms with Gasteiger partial charge in [0.1, 0.15) is 5.82 Å². The first-order valence-electron chi connectivity index (χ1n) is 6.29. The fourth-order valence-electron chi connectivity index (χ4n) is 2.34. The van der Waals surface area contributed by atoms with Gasteiger partial charge in [-0.25, -0.2) is 4.98 Å². The molecule has 0 radical (unpaired) electrons. The molecule has 0 saturated heterocycles. The number of hydrogen-bond acceptors (Lipinski definition) is 4. The summed E-state index contributed by atoms with van der Waals surface area (Å²) in [5.41, 5.74) is 9.82. The monoisotopic (exact) mass is 266 g/mol. The number of anilines is 1. The Kier molecular flexibility index (Phi) is 2.75. The maximum absolute atomic E-state index is 11.6. The lowest BCUT2D eigenvalue weighted by atomic mass is 10.1. The smallest absolute Gasteiger partial charge is 0.168 e. The van der Waals surface area contributed by atoms with E-state index in [2.05, 4.69) is 10.1 Å². The van der Waals surface area contributed by atoms with E-state index in [-0.39, 0.29) is 5.78 Å². The summed E-state index contributed by atoms with van der Waals surface area (Å²) in [4.78, 5) is 16.1. The van der Waals surface area contributed by atoms with E-state index in [0.717, 1.165) is 16.8 Å². The van der Waals surface area contributed by atoms with Gasteiger partial charge in [0.25, 0.3) is 0 Å². The van der Waals surface area contributed by atoms with Crippen LogP contribution in [0.25, 0.3) is 16.8 Å². The number of rotatable bonds is 2. The SMILES string of the molecule is CC(=O)c1cnn2c(N)c(-c3ccccc3)c(C)nc12. The number of hydrogen-bond donors (Lipinski definition) is 1. The summed E-state index contributed by atoms with van der Waals surface area (Å²) in [6, 6.07) is 9.79. The normalized spacial score (nSPS) is 10.9. The minimum Gasteiger partial charge on any atom is -0.383 e. The fraction of sp³-hybridized carbons (Fsp3) is 0.133. The number of aromatic nitrogens is 3. The number of carbonyl (C=O) groups is 1. The lowest BCUT2D eigenvalue weighted by Gasteiger charge is -2.11. The molecule has 5 heteroatoms. The summed E-state index contributed by atoms with van der Waals surface area (Å²) < 4.78 is 1.52. The fourth-order valence-corrected chi connectivity index (χ4v) is 2.34. The number of fused-ring (bicyclic) bond motifs is 1. The van der Waals surface area contributed by atoms with Crippen LogP contribution in [0.4, 0.5) is 5.82 Å². The molecule has 0 unspecified atom stereocenters. The Morgan fingerprint density at radius 1 is 1.25 bits per heavy atom. The first-order chi connectivity index (χ1) is 9.59. The summed E-state index contributed by atoms with van der Waals surface area (Å²) in [5, 5.41) is 4.18. The second-order valence-corrected chi connectivity index (χ2v) is 4.67. The van der Waals surface area contributed by atoms with Crippen LogP contribution in [0.5, 0.6) is 0 Å². The minimum absolute atomic E-state index is 0.0706. The van der Waals surface area contributed by atoms with Crippen LogP contribution in [0, 0.1) is 6.92 Å². The average molecular weight is 266 g/mol. The Hall–Kier alpha value is -2.69. The van der Waals surface area contributed by atoms with Crippen LogP contribution in [0.15, 0.2) is 36.5 Å². The Labute approximate surface area is 116 Å². The maximum Gasteiger partial charge on any atom is 0.168 e. The zero-order valence-electron chi connectivity index (χ0n) is 11.3. The van der Waals surface area contributed by atoms with E-state index in [1.54, 1.807) is 0 Å². The van der Waals surface area contributed by atoms with Crippen molar-refractivity contribution in [2.45, 2.75) is 13.8 Å². The van der Waals surface area contributed by atoms with Crippen LogP contribution in [0.1, 0.15) is 23.0 Å². The van der Waals surface area contributed by atoms with Crippen molar-refractivity contribution >= 4 is 17.2 Å². The molecule has 3 rings (SSSR count). The largest absolute Gasteiger partial charge is 0.383 e. The van der Waals surface area contributed by atoms with E-state index in [4.69, 9.17) is 5.73 Å². The van der Waals surface area contributed by atoms with Crippen LogP contribution in [-0.2, 0) is 0 Å². The van der Waals surface area contributed by atoms with Gasteiger partial charge in [0.2, 0.25) is 0 Å². The van der Waals surface area contributed by atoms with E-state index in [1.165, 1.54) is 17.6 Å². The molecule has 0 aliphatic heterocycles. The number of ketones is 1. The maximum atomic E-state index is 11.6. The topological polar surface area (TPSA) is 73.3 Å². The average Bonchev–Trinajstić information content (AvgIpc) is 2.84. The van der Waals surface area contributed by atoms with Gasteiger partial charge >= 0.3 is 0 Å². The molecule has 0 atom stereocenters. The second-order valence-electron chi connectivity index (χ2n) is 4.67. The first kappa shape index (κ1) is 12.3. The van der Waals surface area contributed by atoms with Gasteiger partial charge in [0.05, 0.1) is 17.5 Å². The highest BCUT2D eigenvalue weighted by atomic mass is 16.1. The number of carbonyl (C=O) groups excluding carboxylic acids is 1. The molecule has 0 aliphatic carbocycles. The van der Waals surface area contributed by atoms with Gasteiger partial charge in [0.15, 0.2) is 11.4 Å². The van der Waals surface area contributed by atoms with Crippen LogP contribution in [-0.4, -0.2) is 20.4 Å². The van der Waals surface area contributed by atoms with Gasteiger partial charge in [-0.3, -0.25) is 4.79 Å². The molecule has 0 amide bonds. The molecule has 0 saturated carbocycles. The first-order valence-corrected chi connectivity index (χ1v) is 6.29. The highest BCUT2D eigenvalue weighted by Crippen LogP contribution is 2.29. The van der Waals surface area contributed by atoms with Gasteiger partial charge in [-0.15, -0.1) is 0 Å². The molecule has 20 heavy (non-hydrogen) atoms. The molecule has 0 bridgehead atoms. The number of aryl methyl sites for hydroxylation is 1. The van der Waals surface area contributed by atoms with Crippen molar-refractivity contribution in [3.8, 4) is 11.1 Å². The van der Waals surface area contributed by atoms with Crippen LogP contribution < -0.4 is 5.73 Å². The standard InChI is InChI=1S/C15H14N4O/c1-9-13(11-6-4-3-5-7-11)14(16)19-15(18-9)12(8-17-19)10(2)20/h3-8H,16H2,1-2H3. The van der Waals surface area contributed by atoms with E-state index in [0.29, 0.717) is 17.0 Å². The van der Waals surface area contributed by atoms with Crippen molar-refractivity contribution < 1.29 is 4.79 Å². The van der Waals surface area contributed by atoms with Gasteiger partial charge < -0.3 is 5.73 Å². The third kappa shape index (κ3) is 1.75. The van der Waals surface area contributed by atoms with Gasteiger partial charge in [-0.1, -0.05) is 30.3 Å². The molecule has 2 heterocycles. The number of nitrogens with zero attached hydrogens (tertiary/aromatic N) is 3. The number of nitrogens with two attached hydrogens (primary N) is 1. The van der Waals surface area contributed by atoms with Crippen molar-refractivity contribution in [1.82, 2.24) is 14.6 Å². The summed E-state index contributed by atoms with van der Waals surface area (Å²) >= 11 is 0. The van der Waals surface area contributed by atoms with Gasteiger partial charge in [0, 0.05) is 5.56 Å². The Bertz CT molecular complexity index is 806. The lowest BCUT2D eigenvalue weighted by molar-refractivity contribution is 0.101. The summed E-state index contributed by atoms with van der Waals surface area (Å²) in [6.07, 6.45) is 1.51. The zero-order valence-corrected chi connectivity index (χ0v) is 11.3. The van der Waals surface area contributed by atoms with Crippen molar-refractivity contribution in [3.63, 3.8) is 0 Å². The van der Waals surface area contributed by atoms with Gasteiger partial charge in [-0.05, 0) is 19.4 Å². The van der Waals surface area contributed by atoms with Gasteiger partial charge in [-0.2, -0.15) is 9.61 Å². The molecule has 2 aromatic heterocycles. The summed E-state index contributed by atoms with van der Waals surface area (Å²) in [6.45, 7) is 3.38. The molecule has 100 valence electrons. The van der Waals surface area contributed by atoms with Crippen LogP contribution >= 0.6 is 0 Å². The van der Waals surface area contributed by atoms with E-state index in [1.807, 2.05) is 37.3 Å². The van der Waals surface area contributed by atoms with E-state index >= 15 is 0 Å². The third-order valence-corrected chi connectivity index (χ3v) is 3.31. The number of benzene rings is 1. The van der Waals surface area contributed by atoms with Crippen molar-refractivity contribution in [3.05, 3.63) is 47.8 Å². The highest BCUT2D eigenvalue weighted by Gasteiger charge is 2.17. The highest BCUT2D eigenvalue weighted by molar-refractivity contribution is 6.00. The molecular weight excluding hydrogens is 252 g/mol. The molecule has 2 N–H and O–H groups in total. The predicted octanol–water partition coefficient (Wildman–Crippen LogP) is 2.49. The quantitative estimate of drug-likeness (QED) is 0.723. The molecule has 0 aliphatic rings. The van der Waals surface area contributed by atoms with Crippen molar-refractivity contribution in [1.29, 1.82) is 0 Å².